The molecule has 18 heavy (non-hydrogen) atoms. The lowest BCUT2D eigenvalue weighted by molar-refractivity contribution is 0.187. The van der Waals surface area contributed by atoms with Crippen molar-refractivity contribution >= 4 is 10.0 Å². The summed E-state index contributed by atoms with van der Waals surface area (Å²) in [5.41, 5.74) is 5.93. The maximum Gasteiger partial charge on any atom is 0.214 e. The second-order valence-corrected chi connectivity index (χ2v) is 7.51. The molecule has 0 saturated carbocycles. The molecule has 2 fully saturated rings. The Balaban J connectivity index is 2.06. The van der Waals surface area contributed by atoms with Gasteiger partial charge in [-0.05, 0) is 32.1 Å². The molecule has 6 heteroatoms. The second-order valence-electron chi connectivity index (χ2n) is 5.54. The van der Waals surface area contributed by atoms with Gasteiger partial charge in [-0.3, -0.25) is 0 Å². The van der Waals surface area contributed by atoms with Crippen LogP contribution in [-0.2, 0) is 14.8 Å². The van der Waals surface area contributed by atoms with Crippen LogP contribution in [0.3, 0.4) is 0 Å². The summed E-state index contributed by atoms with van der Waals surface area (Å²) >= 11 is 0. The van der Waals surface area contributed by atoms with Crippen LogP contribution in [0.2, 0.25) is 0 Å². The summed E-state index contributed by atoms with van der Waals surface area (Å²) in [6, 6.07) is -0.119. The Morgan fingerprint density at radius 2 is 2.17 bits per heavy atom. The first-order chi connectivity index (χ1) is 8.50. The van der Waals surface area contributed by atoms with E-state index in [1.54, 1.807) is 4.31 Å². The molecule has 0 aromatic carbocycles. The van der Waals surface area contributed by atoms with Crippen LogP contribution in [0.5, 0.6) is 0 Å². The minimum atomic E-state index is -3.19. The molecule has 2 heterocycles. The number of ether oxygens (including phenoxy) is 1. The van der Waals surface area contributed by atoms with Crippen molar-refractivity contribution in [2.24, 2.45) is 11.7 Å². The minimum Gasteiger partial charge on any atom is -0.381 e. The first-order valence-electron chi connectivity index (χ1n) is 6.83. The summed E-state index contributed by atoms with van der Waals surface area (Å²) < 4.78 is 31.9. The molecule has 2 aliphatic heterocycles. The maximum absolute atomic E-state index is 12.5. The van der Waals surface area contributed by atoms with Crippen LogP contribution in [0, 0.1) is 5.92 Å². The van der Waals surface area contributed by atoms with Gasteiger partial charge in [0.1, 0.15) is 0 Å². The highest BCUT2D eigenvalue weighted by molar-refractivity contribution is 7.89. The van der Waals surface area contributed by atoms with E-state index in [9.17, 15) is 8.42 Å². The highest BCUT2D eigenvalue weighted by atomic mass is 32.2. The predicted octanol–water partition coefficient (Wildman–Crippen LogP) is 0.554. The van der Waals surface area contributed by atoms with E-state index in [2.05, 4.69) is 0 Å². The van der Waals surface area contributed by atoms with Crippen LogP contribution in [-0.4, -0.2) is 50.3 Å². The molecule has 106 valence electrons. The standard InChI is InChI=1S/C12H24N2O3S/c1-10(13)12-4-2-3-6-14(12)18(15,16)9-11-5-7-17-8-11/h10-12H,2-9,13H2,1H3. The van der Waals surface area contributed by atoms with E-state index in [0.29, 0.717) is 19.8 Å². The Morgan fingerprint density at radius 3 is 2.78 bits per heavy atom. The summed E-state index contributed by atoms with van der Waals surface area (Å²) in [7, 11) is -3.19. The van der Waals surface area contributed by atoms with Crippen LogP contribution in [0.1, 0.15) is 32.6 Å². The summed E-state index contributed by atoms with van der Waals surface area (Å²) in [5.74, 6) is 0.376. The summed E-state index contributed by atoms with van der Waals surface area (Å²) in [4.78, 5) is 0. The zero-order valence-electron chi connectivity index (χ0n) is 11.0. The molecule has 3 atom stereocenters. The van der Waals surface area contributed by atoms with Crippen molar-refractivity contribution in [1.29, 1.82) is 0 Å². The van der Waals surface area contributed by atoms with Gasteiger partial charge in [0.05, 0.1) is 12.4 Å². The average molecular weight is 276 g/mol. The zero-order chi connectivity index (χ0) is 13.2. The van der Waals surface area contributed by atoms with Crippen molar-refractivity contribution in [2.75, 3.05) is 25.5 Å². The van der Waals surface area contributed by atoms with Gasteiger partial charge in [-0.2, -0.15) is 4.31 Å². The molecule has 0 aliphatic carbocycles. The SMILES string of the molecule is CC(N)C1CCCCN1S(=O)(=O)CC1CCOC1. The molecule has 2 aliphatic rings. The van der Waals surface area contributed by atoms with Crippen molar-refractivity contribution < 1.29 is 13.2 Å². The number of hydrogen-bond donors (Lipinski definition) is 1. The molecule has 3 unspecified atom stereocenters. The highest BCUT2D eigenvalue weighted by Crippen LogP contribution is 2.25. The topological polar surface area (TPSA) is 72.6 Å². The molecule has 5 nitrogen and oxygen atoms in total. The van der Waals surface area contributed by atoms with Crippen LogP contribution >= 0.6 is 0 Å². The molecule has 2 N–H and O–H groups in total. The predicted molar refractivity (Wildman–Crippen MR) is 70.7 cm³/mol. The lowest BCUT2D eigenvalue weighted by atomic mass is 10.00. The molecular weight excluding hydrogens is 252 g/mol. The van der Waals surface area contributed by atoms with Gasteiger partial charge >= 0.3 is 0 Å². The third-order valence-corrected chi connectivity index (χ3v) is 5.99. The zero-order valence-corrected chi connectivity index (χ0v) is 11.9. The molecule has 0 spiro atoms. The van der Waals surface area contributed by atoms with E-state index in [4.69, 9.17) is 10.5 Å². The molecule has 0 aromatic heterocycles. The van der Waals surface area contributed by atoms with Crippen LogP contribution in [0.4, 0.5) is 0 Å². The van der Waals surface area contributed by atoms with Crippen molar-refractivity contribution in [3.8, 4) is 0 Å². The van der Waals surface area contributed by atoms with Gasteiger partial charge in [0, 0.05) is 25.2 Å². The number of sulfonamides is 1. The fourth-order valence-electron chi connectivity index (χ4n) is 2.91. The minimum absolute atomic E-state index is 0.0222. The van der Waals surface area contributed by atoms with Crippen molar-refractivity contribution in [1.82, 2.24) is 4.31 Å². The molecule has 0 bridgehead atoms. The average Bonchev–Trinajstić information content (AvgIpc) is 2.81. The molecule has 0 radical (unpaired) electrons. The van der Waals surface area contributed by atoms with E-state index in [1.807, 2.05) is 6.92 Å². The highest BCUT2D eigenvalue weighted by Gasteiger charge is 2.36. The number of hydrogen-bond acceptors (Lipinski definition) is 4. The van der Waals surface area contributed by atoms with Gasteiger partial charge in [-0.15, -0.1) is 0 Å². The van der Waals surface area contributed by atoms with Crippen molar-refractivity contribution in [2.45, 2.75) is 44.7 Å². The van der Waals surface area contributed by atoms with E-state index < -0.39 is 10.0 Å². The van der Waals surface area contributed by atoms with Crippen LogP contribution in [0.25, 0.3) is 0 Å². The fraction of sp³-hybridized carbons (Fsp3) is 1.00. The van der Waals surface area contributed by atoms with Gasteiger partial charge in [-0.1, -0.05) is 6.42 Å². The van der Waals surface area contributed by atoms with Gasteiger partial charge in [-0.25, -0.2) is 8.42 Å². The van der Waals surface area contributed by atoms with Crippen LogP contribution < -0.4 is 5.73 Å². The third kappa shape index (κ3) is 3.23. The van der Waals surface area contributed by atoms with Crippen LogP contribution in [0.15, 0.2) is 0 Å². The molecule has 2 rings (SSSR count). The van der Waals surface area contributed by atoms with E-state index >= 15 is 0 Å². The summed E-state index contributed by atoms with van der Waals surface area (Å²) in [6.45, 7) is 3.80. The number of piperidine rings is 1. The Hall–Kier alpha value is -0.170. The van der Waals surface area contributed by atoms with Gasteiger partial charge in [0.15, 0.2) is 0 Å². The number of nitrogens with two attached hydrogens (primary N) is 1. The first-order valence-corrected chi connectivity index (χ1v) is 8.44. The molecule has 0 aromatic rings. The Morgan fingerprint density at radius 1 is 1.39 bits per heavy atom. The lowest BCUT2D eigenvalue weighted by Gasteiger charge is -2.37. The largest absolute Gasteiger partial charge is 0.381 e. The van der Waals surface area contributed by atoms with E-state index in [1.165, 1.54) is 0 Å². The Labute approximate surface area is 110 Å². The van der Waals surface area contributed by atoms with Crippen molar-refractivity contribution in [3.05, 3.63) is 0 Å². The maximum atomic E-state index is 12.5. The van der Waals surface area contributed by atoms with Crippen molar-refractivity contribution in [3.63, 3.8) is 0 Å². The monoisotopic (exact) mass is 276 g/mol. The van der Waals surface area contributed by atoms with Gasteiger partial charge in [0.25, 0.3) is 0 Å². The lowest BCUT2D eigenvalue weighted by Crippen LogP contribution is -2.52. The Kier molecular flexibility index (Phi) is 4.64. The van der Waals surface area contributed by atoms with Gasteiger partial charge in [0.2, 0.25) is 10.0 Å². The number of nitrogens with zero attached hydrogens (tertiary/aromatic N) is 1. The van der Waals surface area contributed by atoms with Gasteiger partial charge < -0.3 is 10.5 Å². The summed E-state index contributed by atoms with van der Waals surface area (Å²) in [6.07, 6.45) is 3.77. The fourth-order valence-corrected chi connectivity index (χ4v) is 5.08. The smallest absolute Gasteiger partial charge is 0.214 e. The summed E-state index contributed by atoms with van der Waals surface area (Å²) in [5, 5.41) is 0. The molecular formula is C12H24N2O3S. The van der Waals surface area contributed by atoms with E-state index in [0.717, 1.165) is 25.7 Å². The normalized spacial score (nSPS) is 32.6. The van der Waals surface area contributed by atoms with E-state index in [-0.39, 0.29) is 23.8 Å². The Bertz CT molecular complexity index is 364. The molecule has 2 saturated heterocycles. The quantitative estimate of drug-likeness (QED) is 0.814. The molecule has 0 amide bonds. The second kappa shape index (κ2) is 5.86. The number of rotatable bonds is 4. The first kappa shape index (κ1) is 14.2. The third-order valence-electron chi connectivity index (χ3n) is 3.93.